The number of esters is 1. The summed E-state index contributed by atoms with van der Waals surface area (Å²) in [7, 11) is 1.31. The number of anilines is 1. The second kappa shape index (κ2) is 5.24. The first-order chi connectivity index (χ1) is 11.6. The molecule has 2 aromatic rings. The number of ether oxygens (including phenoxy) is 2. The van der Waals surface area contributed by atoms with Crippen LogP contribution in [0.1, 0.15) is 11.1 Å². The molecule has 0 N–H and O–H groups in total. The van der Waals surface area contributed by atoms with E-state index in [4.69, 9.17) is 21.1 Å². The zero-order valence-electron chi connectivity index (χ0n) is 12.9. The van der Waals surface area contributed by atoms with Gasteiger partial charge in [-0.2, -0.15) is 0 Å². The first-order valence-electron chi connectivity index (χ1n) is 7.49. The third-order valence-electron chi connectivity index (χ3n) is 4.63. The quantitative estimate of drug-likeness (QED) is 0.786. The molecular weight excluding hydrogens is 330 g/mol. The molecule has 24 heavy (non-hydrogen) atoms. The lowest BCUT2D eigenvalue weighted by Crippen LogP contribution is -2.44. The Morgan fingerprint density at radius 3 is 2.88 bits per heavy atom. The minimum Gasteiger partial charge on any atom is -0.491 e. The number of nitrogens with zero attached hydrogens (tertiary/aromatic N) is 1. The van der Waals surface area contributed by atoms with Gasteiger partial charge in [0.15, 0.2) is 0 Å². The molecule has 6 heteroatoms. The lowest BCUT2D eigenvalue weighted by Gasteiger charge is -2.22. The highest BCUT2D eigenvalue weighted by Gasteiger charge is 2.57. The molecule has 1 atom stereocenters. The maximum atomic E-state index is 13.3. The summed E-state index contributed by atoms with van der Waals surface area (Å²) in [5.41, 5.74) is 1.38. The summed E-state index contributed by atoms with van der Waals surface area (Å²) in [6.45, 7) is 0.0627. The third kappa shape index (κ3) is 1.88. The van der Waals surface area contributed by atoms with E-state index in [1.54, 1.807) is 12.1 Å². The topological polar surface area (TPSA) is 55.8 Å². The third-order valence-corrected chi connectivity index (χ3v) is 4.86. The zero-order chi connectivity index (χ0) is 16.9. The van der Waals surface area contributed by atoms with Crippen LogP contribution >= 0.6 is 11.6 Å². The van der Waals surface area contributed by atoms with Crippen LogP contribution in [0.25, 0.3) is 0 Å². The summed E-state index contributed by atoms with van der Waals surface area (Å²) >= 11 is 6.03. The van der Waals surface area contributed by atoms with Gasteiger partial charge in [0, 0.05) is 16.3 Å². The number of carbonyl (C=O) groups excluding carboxylic acids is 2. The van der Waals surface area contributed by atoms with E-state index in [-0.39, 0.29) is 19.1 Å². The van der Waals surface area contributed by atoms with Crippen molar-refractivity contribution < 1.29 is 19.1 Å². The average molecular weight is 344 g/mol. The first kappa shape index (κ1) is 15.0. The van der Waals surface area contributed by atoms with E-state index in [0.29, 0.717) is 16.5 Å². The van der Waals surface area contributed by atoms with Crippen molar-refractivity contribution in [1.29, 1.82) is 0 Å². The van der Waals surface area contributed by atoms with E-state index in [9.17, 15) is 9.59 Å². The Labute approximate surface area is 143 Å². The van der Waals surface area contributed by atoms with Gasteiger partial charge < -0.3 is 9.47 Å². The summed E-state index contributed by atoms with van der Waals surface area (Å²) in [5.74, 6) is -0.0498. The van der Waals surface area contributed by atoms with Gasteiger partial charge in [0.25, 0.3) is 0 Å². The van der Waals surface area contributed by atoms with E-state index in [1.807, 2.05) is 30.3 Å². The Bertz CT molecular complexity index is 866. The number of halogens is 1. The second-order valence-corrected chi connectivity index (χ2v) is 6.26. The highest BCUT2D eigenvalue weighted by molar-refractivity contribution is 6.30. The minimum absolute atomic E-state index is 0.128. The number of amides is 1. The van der Waals surface area contributed by atoms with Crippen molar-refractivity contribution in [2.24, 2.45) is 0 Å². The highest BCUT2D eigenvalue weighted by atomic mass is 35.5. The molecule has 1 amide bonds. The summed E-state index contributed by atoms with van der Waals surface area (Å²) in [4.78, 5) is 26.5. The van der Waals surface area contributed by atoms with Gasteiger partial charge in [0.1, 0.15) is 24.3 Å². The van der Waals surface area contributed by atoms with Crippen molar-refractivity contribution in [2.45, 2.75) is 5.41 Å². The van der Waals surface area contributed by atoms with Crippen LogP contribution in [-0.4, -0.2) is 32.1 Å². The summed E-state index contributed by atoms with van der Waals surface area (Å²) in [6.07, 6.45) is 0. The largest absolute Gasteiger partial charge is 0.491 e. The van der Waals surface area contributed by atoms with Crippen LogP contribution in [0.2, 0.25) is 5.02 Å². The van der Waals surface area contributed by atoms with Crippen molar-refractivity contribution in [3.8, 4) is 5.75 Å². The van der Waals surface area contributed by atoms with Crippen molar-refractivity contribution in [2.75, 3.05) is 25.2 Å². The van der Waals surface area contributed by atoms with Crippen LogP contribution in [0.3, 0.4) is 0 Å². The molecule has 0 bridgehead atoms. The van der Waals surface area contributed by atoms with Gasteiger partial charge in [-0.1, -0.05) is 35.9 Å². The van der Waals surface area contributed by atoms with E-state index in [2.05, 4.69) is 0 Å². The number of carbonyl (C=O) groups is 2. The fourth-order valence-electron chi connectivity index (χ4n) is 3.51. The standard InChI is InChI=1S/C18H14ClNO4/c1-23-16(21)9-20-14-5-3-2-4-12(14)18(17(20)22)10-24-15-8-11(19)6-7-13(15)18/h2-8H,9-10H2,1H3. The van der Waals surface area contributed by atoms with E-state index in [0.717, 1.165) is 11.1 Å². The summed E-state index contributed by atoms with van der Waals surface area (Å²) < 4.78 is 10.5. The molecule has 2 heterocycles. The molecule has 2 aromatic carbocycles. The van der Waals surface area contributed by atoms with E-state index in [1.165, 1.54) is 12.0 Å². The zero-order valence-corrected chi connectivity index (χ0v) is 13.7. The monoisotopic (exact) mass is 343 g/mol. The van der Waals surface area contributed by atoms with E-state index >= 15 is 0 Å². The smallest absolute Gasteiger partial charge is 0.325 e. The van der Waals surface area contributed by atoms with Crippen LogP contribution in [0.15, 0.2) is 42.5 Å². The molecule has 122 valence electrons. The molecule has 0 aromatic heterocycles. The molecule has 1 spiro atoms. The Kier molecular flexibility index (Phi) is 3.28. The highest BCUT2D eigenvalue weighted by Crippen LogP contribution is 2.52. The van der Waals surface area contributed by atoms with Crippen molar-refractivity contribution >= 4 is 29.2 Å². The van der Waals surface area contributed by atoms with Crippen molar-refractivity contribution in [1.82, 2.24) is 0 Å². The predicted molar refractivity (Wildman–Crippen MR) is 88.5 cm³/mol. The second-order valence-electron chi connectivity index (χ2n) is 5.82. The fourth-order valence-corrected chi connectivity index (χ4v) is 3.67. The Balaban J connectivity index is 1.90. The Morgan fingerprint density at radius 1 is 1.29 bits per heavy atom. The van der Waals surface area contributed by atoms with Crippen molar-refractivity contribution in [3.63, 3.8) is 0 Å². The van der Waals surface area contributed by atoms with Crippen LogP contribution in [-0.2, 0) is 19.7 Å². The molecular formula is C18H14ClNO4. The summed E-state index contributed by atoms with van der Waals surface area (Å²) in [5, 5.41) is 0.552. The molecule has 0 aliphatic carbocycles. The summed E-state index contributed by atoms with van der Waals surface area (Å²) in [6, 6.07) is 12.7. The minimum atomic E-state index is -0.940. The van der Waals surface area contributed by atoms with Gasteiger partial charge in [0.05, 0.1) is 7.11 Å². The molecule has 0 saturated heterocycles. The number of hydrogen-bond acceptors (Lipinski definition) is 4. The van der Waals surface area contributed by atoms with Crippen LogP contribution in [0.4, 0.5) is 5.69 Å². The number of benzene rings is 2. The van der Waals surface area contributed by atoms with Gasteiger partial charge in [-0.25, -0.2) is 0 Å². The molecule has 0 saturated carbocycles. The molecule has 1 unspecified atom stereocenters. The molecule has 0 radical (unpaired) electrons. The molecule has 0 fully saturated rings. The van der Waals surface area contributed by atoms with Gasteiger partial charge >= 0.3 is 5.97 Å². The Morgan fingerprint density at radius 2 is 2.08 bits per heavy atom. The number of hydrogen-bond donors (Lipinski definition) is 0. The van der Waals surface area contributed by atoms with Crippen LogP contribution in [0, 0.1) is 0 Å². The number of para-hydroxylation sites is 1. The van der Waals surface area contributed by atoms with Gasteiger partial charge in [-0.3, -0.25) is 14.5 Å². The lowest BCUT2D eigenvalue weighted by atomic mass is 9.77. The van der Waals surface area contributed by atoms with Crippen molar-refractivity contribution in [3.05, 3.63) is 58.6 Å². The molecule has 4 rings (SSSR count). The SMILES string of the molecule is COC(=O)CN1C(=O)C2(COc3cc(Cl)ccc32)c2ccccc21. The van der Waals surface area contributed by atoms with Crippen LogP contribution < -0.4 is 9.64 Å². The average Bonchev–Trinajstić information content (AvgIpc) is 3.08. The lowest BCUT2D eigenvalue weighted by molar-refractivity contribution is -0.140. The van der Waals surface area contributed by atoms with Gasteiger partial charge in [0.2, 0.25) is 5.91 Å². The number of rotatable bonds is 2. The molecule has 5 nitrogen and oxygen atoms in total. The van der Waals surface area contributed by atoms with Gasteiger partial charge in [-0.05, 0) is 23.8 Å². The number of methoxy groups -OCH3 is 1. The maximum Gasteiger partial charge on any atom is 0.325 e. The Hall–Kier alpha value is -2.53. The fraction of sp³-hybridized carbons (Fsp3) is 0.222. The first-order valence-corrected chi connectivity index (χ1v) is 7.87. The predicted octanol–water partition coefficient (Wildman–Crippen LogP) is 2.54. The maximum absolute atomic E-state index is 13.3. The molecule has 2 aliphatic heterocycles. The van der Waals surface area contributed by atoms with Gasteiger partial charge in [-0.15, -0.1) is 0 Å². The van der Waals surface area contributed by atoms with Crippen LogP contribution in [0.5, 0.6) is 5.75 Å². The molecule has 2 aliphatic rings. The number of fused-ring (bicyclic) bond motifs is 4. The van der Waals surface area contributed by atoms with E-state index < -0.39 is 11.4 Å². The normalized spacial score (nSPS) is 20.8.